The number of imidazole rings is 1. The third-order valence-corrected chi connectivity index (χ3v) is 4.42. The first kappa shape index (κ1) is 16.5. The van der Waals surface area contributed by atoms with E-state index in [-0.39, 0.29) is 18.2 Å². The molecule has 1 aromatic heterocycles. The van der Waals surface area contributed by atoms with Gasteiger partial charge in [-0.2, -0.15) is 0 Å². The van der Waals surface area contributed by atoms with E-state index >= 15 is 0 Å². The van der Waals surface area contributed by atoms with E-state index in [9.17, 15) is 4.79 Å². The summed E-state index contributed by atoms with van der Waals surface area (Å²) >= 11 is 0. The van der Waals surface area contributed by atoms with Crippen molar-refractivity contribution in [3.63, 3.8) is 0 Å². The van der Waals surface area contributed by atoms with Crippen LogP contribution in [0, 0.1) is 0 Å². The standard InChI is InChI=1S/C18H24N4O2/c1-24-17-6-5-16(10-17)21-18(23)20-11-14-3-2-4-15(9-14)12-22-8-7-19-13-22/h2-4,7-9,13,16-17H,5-6,10-12H2,1H3,(H2,20,21,23)/t16-,17+/m1/s1. The summed E-state index contributed by atoms with van der Waals surface area (Å²) in [4.78, 5) is 16.1. The van der Waals surface area contributed by atoms with Gasteiger partial charge < -0.3 is 19.9 Å². The first-order valence-electron chi connectivity index (χ1n) is 8.33. The van der Waals surface area contributed by atoms with Gasteiger partial charge in [0.25, 0.3) is 0 Å². The van der Waals surface area contributed by atoms with Gasteiger partial charge in [-0.05, 0) is 30.4 Å². The number of benzene rings is 1. The molecule has 128 valence electrons. The van der Waals surface area contributed by atoms with Gasteiger partial charge in [0.1, 0.15) is 0 Å². The Labute approximate surface area is 142 Å². The topological polar surface area (TPSA) is 68.2 Å². The van der Waals surface area contributed by atoms with Crippen LogP contribution in [0.4, 0.5) is 4.79 Å². The molecule has 6 nitrogen and oxygen atoms in total. The van der Waals surface area contributed by atoms with Crippen molar-refractivity contribution >= 4 is 6.03 Å². The van der Waals surface area contributed by atoms with E-state index in [2.05, 4.69) is 27.8 Å². The molecule has 0 unspecified atom stereocenters. The van der Waals surface area contributed by atoms with Gasteiger partial charge in [0.2, 0.25) is 0 Å². The second-order valence-corrected chi connectivity index (χ2v) is 6.25. The van der Waals surface area contributed by atoms with E-state index in [0.717, 1.165) is 31.4 Å². The van der Waals surface area contributed by atoms with Crippen molar-refractivity contribution < 1.29 is 9.53 Å². The highest BCUT2D eigenvalue weighted by Crippen LogP contribution is 2.21. The first-order valence-corrected chi connectivity index (χ1v) is 8.33. The van der Waals surface area contributed by atoms with Crippen LogP contribution in [0.1, 0.15) is 30.4 Å². The molecule has 3 rings (SSSR count). The number of carbonyl (C=O) groups excluding carboxylic acids is 1. The van der Waals surface area contributed by atoms with Gasteiger partial charge in [-0.25, -0.2) is 9.78 Å². The molecule has 2 aromatic rings. The van der Waals surface area contributed by atoms with Crippen molar-refractivity contribution in [2.24, 2.45) is 0 Å². The van der Waals surface area contributed by atoms with Gasteiger partial charge >= 0.3 is 6.03 Å². The number of nitrogens with one attached hydrogen (secondary N) is 2. The lowest BCUT2D eigenvalue weighted by atomic mass is 10.1. The Bertz CT molecular complexity index is 657. The number of nitrogens with zero attached hydrogens (tertiary/aromatic N) is 2. The van der Waals surface area contributed by atoms with Crippen LogP contribution < -0.4 is 10.6 Å². The molecule has 2 N–H and O–H groups in total. The van der Waals surface area contributed by atoms with Crippen molar-refractivity contribution in [3.8, 4) is 0 Å². The predicted molar refractivity (Wildman–Crippen MR) is 91.6 cm³/mol. The average Bonchev–Trinajstić information content (AvgIpc) is 3.25. The fraction of sp³-hybridized carbons (Fsp3) is 0.444. The Morgan fingerprint density at radius 2 is 2.25 bits per heavy atom. The number of hydrogen-bond acceptors (Lipinski definition) is 3. The molecule has 1 aliphatic carbocycles. The van der Waals surface area contributed by atoms with E-state index in [1.54, 1.807) is 19.6 Å². The second kappa shape index (κ2) is 7.97. The molecule has 24 heavy (non-hydrogen) atoms. The Balaban J connectivity index is 1.47. The minimum Gasteiger partial charge on any atom is -0.381 e. The lowest BCUT2D eigenvalue weighted by molar-refractivity contribution is 0.107. The largest absolute Gasteiger partial charge is 0.381 e. The van der Waals surface area contributed by atoms with Crippen molar-refractivity contribution in [2.45, 2.75) is 44.5 Å². The molecule has 1 heterocycles. The number of rotatable bonds is 6. The van der Waals surface area contributed by atoms with Gasteiger partial charge in [0, 0.05) is 38.6 Å². The molecule has 1 aliphatic rings. The molecule has 6 heteroatoms. The molecule has 0 radical (unpaired) electrons. The van der Waals surface area contributed by atoms with Crippen molar-refractivity contribution in [2.75, 3.05) is 7.11 Å². The van der Waals surface area contributed by atoms with E-state index < -0.39 is 0 Å². The average molecular weight is 328 g/mol. The third-order valence-electron chi connectivity index (χ3n) is 4.42. The fourth-order valence-electron chi connectivity index (χ4n) is 3.13. The van der Waals surface area contributed by atoms with E-state index in [0.29, 0.717) is 6.54 Å². The normalized spacial score (nSPS) is 20.0. The van der Waals surface area contributed by atoms with Crippen LogP contribution in [0.15, 0.2) is 43.0 Å². The number of methoxy groups -OCH3 is 1. The zero-order chi connectivity index (χ0) is 16.8. The highest BCUT2D eigenvalue weighted by molar-refractivity contribution is 5.74. The number of ether oxygens (including phenoxy) is 1. The molecule has 2 atom stereocenters. The van der Waals surface area contributed by atoms with Crippen LogP contribution in [0.3, 0.4) is 0 Å². The maximum absolute atomic E-state index is 12.0. The molecule has 0 spiro atoms. The number of aromatic nitrogens is 2. The van der Waals surface area contributed by atoms with Crippen LogP contribution in [-0.2, 0) is 17.8 Å². The van der Waals surface area contributed by atoms with Crippen LogP contribution >= 0.6 is 0 Å². The maximum Gasteiger partial charge on any atom is 0.315 e. The monoisotopic (exact) mass is 328 g/mol. The van der Waals surface area contributed by atoms with Gasteiger partial charge in [-0.1, -0.05) is 24.3 Å². The lowest BCUT2D eigenvalue weighted by Crippen LogP contribution is -2.40. The lowest BCUT2D eigenvalue weighted by Gasteiger charge is -2.14. The number of amides is 2. The zero-order valence-corrected chi connectivity index (χ0v) is 13.9. The van der Waals surface area contributed by atoms with Crippen molar-refractivity contribution in [1.29, 1.82) is 0 Å². The first-order chi connectivity index (χ1) is 11.7. The van der Waals surface area contributed by atoms with E-state index in [1.807, 2.05) is 22.9 Å². The third kappa shape index (κ3) is 4.58. The smallest absolute Gasteiger partial charge is 0.315 e. The minimum atomic E-state index is -0.114. The molecule has 0 bridgehead atoms. The Morgan fingerprint density at radius 1 is 1.38 bits per heavy atom. The van der Waals surface area contributed by atoms with E-state index in [4.69, 9.17) is 4.74 Å². The number of hydrogen-bond donors (Lipinski definition) is 2. The van der Waals surface area contributed by atoms with Gasteiger partial charge in [-0.15, -0.1) is 0 Å². The summed E-state index contributed by atoms with van der Waals surface area (Å²) in [6, 6.07) is 8.32. The zero-order valence-electron chi connectivity index (χ0n) is 13.9. The summed E-state index contributed by atoms with van der Waals surface area (Å²) in [5.41, 5.74) is 2.27. The Hall–Kier alpha value is -2.34. The Kier molecular flexibility index (Phi) is 5.48. The molecular weight excluding hydrogens is 304 g/mol. The summed E-state index contributed by atoms with van der Waals surface area (Å²) in [5.74, 6) is 0. The molecular formula is C18H24N4O2. The number of urea groups is 1. The molecule has 1 aromatic carbocycles. The van der Waals surface area contributed by atoms with Crippen LogP contribution in [-0.4, -0.2) is 34.8 Å². The van der Waals surface area contributed by atoms with Crippen molar-refractivity contribution in [3.05, 3.63) is 54.1 Å². The van der Waals surface area contributed by atoms with Gasteiger partial charge in [0.05, 0.1) is 12.4 Å². The van der Waals surface area contributed by atoms with Crippen LogP contribution in [0.5, 0.6) is 0 Å². The van der Waals surface area contributed by atoms with Gasteiger partial charge in [0.15, 0.2) is 0 Å². The molecule has 0 aliphatic heterocycles. The highest BCUT2D eigenvalue weighted by atomic mass is 16.5. The molecule has 1 fully saturated rings. The summed E-state index contributed by atoms with van der Waals surface area (Å²) < 4.78 is 7.35. The van der Waals surface area contributed by atoms with Crippen molar-refractivity contribution in [1.82, 2.24) is 20.2 Å². The molecule has 1 saturated carbocycles. The van der Waals surface area contributed by atoms with Crippen LogP contribution in [0.25, 0.3) is 0 Å². The summed E-state index contributed by atoms with van der Waals surface area (Å²) in [5, 5.41) is 5.96. The van der Waals surface area contributed by atoms with Crippen LogP contribution in [0.2, 0.25) is 0 Å². The predicted octanol–water partition coefficient (Wildman–Crippen LogP) is 2.30. The maximum atomic E-state index is 12.0. The fourth-order valence-corrected chi connectivity index (χ4v) is 3.13. The minimum absolute atomic E-state index is 0.114. The SMILES string of the molecule is CO[C@H]1CC[C@@H](NC(=O)NCc2cccc(Cn3ccnc3)c2)C1. The van der Waals surface area contributed by atoms with Gasteiger partial charge in [-0.3, -0.25) is 0 Å². The number of carbonyl (C=O) groups is 1. The Morgan fingerprint density at radius 3 is 3.00 bits per heavy atom. The quantitative estimate of drug-likeness (QED) is 0.855. The molecule has 2 amide bonds. The summed E-state index contributed by atoms with van der Waals surface area (Å²) in [6.45, 7) is 1.30. The summed E-state index contributed by atoms with van der Waals surface area (Å²) in [7, 11) is 1.73. The van der Waals surface area contributed by atoms with E-state index in [1.165, 1.54) is 5.56 Å². The highest BCUT2D eigenvalue weighted by Gasteiger charge is 2.25. The molecule has 0 saturated heterocycles. The summed E-state index contributed by atoms with van der Waals surface area (Å²) in [6.07, 6.45) is 8.66. The second-order valence-electron chi connectivity index (χ2n) is 6.25.